The molecule has 1 N–H and O–H groups in total. The van der Waals surface area contributed by atoms with Gasteiger partial charge in [0.25, 0.3) is 0 Å². The van der Waals surface area contributed by atoms with Crippen LogP contribution in [0.4, 0.5) is 0 Å². The van der Waals surface area contributed by atoms with Gasteiger partial charge in [0.2, 0.25) is 0 Å². The number of nitrogens with one attached hydrogen (secondary N) is 1. The van der Waals surface area contributed by atoms with Gasteiger partial charge in [-0.15, -0.1) is 10.2 Å². The number of rotatable bonds is 6. The minimum atomic E-state index is 0.554. The Kier molecular flexibility index (Phi) is 4.95. The summed E-state index contributed by atoms with van der Waals surface area (Å²) in [6, 6.07) is 8.63. The van der Waals surface area contributed by atoms with Gasteiger partial charge in [-0.05, 0) is 43.1 Å². The molecule has 0 saturated carbocycles. The van der Waals surface area contributed by atoms with E-state index in [0.29, 0.717) is 6.54 Å². The highest BCUT2D eigenvalue weighted by molar-refractivity contribution is 5.85. The number of aryl methyl sites for hydroxylation is 1. The summed E-state index contributed by atoms with van der Waals surface area (Å²) in [4.78, 5) is 8.11. The molecule has 0 radical (unpaired) electrons. The lowest BCUT2D eigenvalue weighted by atomic mass is 10.1. The summed E-state index contributed by atoms with van der Waals surface area (Å²) in [7, 11) is 0. The molecule has 134 valence electrons. The maximum Gasteiger partial charge on any atom is 0.123 e. The Morgan fingerprint density at radius 3 is 2.62 bits per heavy atom. The van der Waals surface area contributed by atoms with Crippen LogP contribution in [0.15, 0.2) is 37.1 Å². The second-order valence-electron chi connectivity index (χ2n) is 6.79. The molecule has 0 atom stereocenters. The van der Waals surface area contributed by atoms with Gasteiger partial charge in [-0.3, -0.25) is 9.47 Å². The third-order valence-electron chi connectivity index (χ3n) is 5.15. The summed E-state index contributed by atoms with van der Waals surface area (Å²) >= 11 is 0. The molecule has 7 heteroatoms. The number of aromatic nitrogens is 4. The quantitative estimate of drug-likeness (QED) is 0.687. The highest BCUT2D eigenvalue weighted by atomic mass is 15.3. The second kappa shape index (κ2) is 7.68. The van der Waals surface area contributed by atoms with Crippen LogP contribution in [0, 0.1) is 11.3 Å². The van der Waals surface area contributed by atoms with Crippen LogP contribution >= 0.6 is 0 Å². The van der Waals surface area contributed by atoms with Crippen molar-refractivity contribution in [2.75, 3.05) is 39.3 Å². The van der Waals surface area contributed by atoms with Crippen LogP contribution in [0.5, 0.6) is 0 Å². The molecule has 0 amide bonds. The van der Waals surface area contributed by atoms with Crippen LogP contribution in [0.1, 0.15) is 12.0 Å². The Morgan fingerprint density at radius 2 is 1.85 bits per heavy atom. The van der Waals surface area contributed by atoms with E-state index < -0.39 is 0 Å². The Labute approximate surface area is 152 Å². The summed E-state index contributed by atoms with van der Waals surface area (Å²) in [5, 5.41) is 17.8. The van der Waals surface area contributed by atoms with Crippen LogP contribution < -0.4 is 0 Å². The Hall–Kier alpha value is -2.69. The van der Waals surface area contributed by atoms with Gasteiger partial charge in [0.05, 0.1) is 12.6 Å². The number of H-pyrrole nitrogens is 1. The first kappa shape index (κ1) is 16.8. The summed E-state index contributed by atoms with van der Waals surface area (Å²) in [6.45, 7) is 5.79. The van der Waals surface area contributed by atoms with Gasteiger partial charge in [0.15, 0.2) is 0 Å². The number of piperazine rings is 1. The van der Waals surface area contributed by atoms with E-state index in [1.54, 1.807) is 12.7 Å². The number of nitrogens with zero attached hydrogens (tertiary/aromatic N) is 6. The number of fused-ring (bicyclic) bond motifs is 1. The van der Waals surface area contributed by atoms with E-state index in [1.165, 1.54) is 16.5 Å². The van der Waals surface area contributed by atoms with E-state index in [2.05, 4.69) is 55.4 Å². The molecule has 3 heterocycles. The number of hydrogen-bond donors (Lipinski definition) is 1. The number of aromatic amines is 1. The summed E-state index contributed by atoms with van der Waals surface area (Å²) in [5.74, 6) is 0. The Balaban J connectivity index is 1.36. The fourth-order valence-corrected chi connectivity index (χ4v) is 3.63. The lowest BCUT2D eigenvalue weighted by Crippen LogP contribution is -2.46. The summed E-state index contributed by atoms with van der Waals surface area (Å²) < 4.78 is 1.93. The molecule has 0 unspecified atom stereocenters. The molecule has 3 aromatic rings. The van der Waals surface area contributed by atoms with Crippen molar-refractivity contribution < 1.29 is 0 Å². The van der Waals surface area contributed by atoms with Gasteiger partial charge in [-0.1, -0.05) is 0 Å². The van der Waals surface area contributed by atoms with E-state index in [4.69, 9.17) is 5.26 Å². The van der Waals surface area contributed by atoms with Gasteiger partial charge >= 0.3 is 0 Å². The van der Waals surface area contributed by atoms with Gasteiger partial charge in [0, 0.05) is 49.0 Å². The summed E-state index contributed by atoms with van der Waals surface area (Å²) in [5.41, 5.74) is 3.61. The van der Waals surface area contributed by atoms with Gasteiger partial charge < -0.3 is 9.88 Å². The lowest BCUT2D eigenvalue weighted by Gasteiger charge is -2.33. The fourth-order valence-electron chi connectivity index (χ4n) is 3.63. The van der Waals surface area contributed by atoms with Crippen molar-refractivity contribution >= 4 is 10.9 Å². The smallest absolute Gasteiger partial charge is 0.123 e. The zero-order valence-electron chi connectivity index (χ0n) is 14.8. The molecule has 0 spiro atoms. The maximum absolute atomic E-state index is 8.78. The lowest BCUT2D eigenvalue weighted by molar-refractivity contribution is 0.143. The van der Waals surface area contributed by atoms with Crippen molar-refractivity contribution in [2.24, 2.45) is 0 Å². The van der Waals surface area contributed by atoms with Crippen molar-refractivity contribution in [1.82, 2.24) is 29.5 Å². The van der Waals surface area contributed by atoms with E-state index in [0.717, 1.165) is 51.3 Å². The molecule has 0 bridgehead atoms. The summed E-state index contributed by atoms with van der Waals surface area (Å²) in [6.07, 6.45) is 7.77. The maximum atomic E-state index is 8.78. The first-order valence-corrected chi connectivity index (χ1v) is 9.10. The molecule has 1 aliphatic rings. The molecular weight excluding hydrogens is 326 g/mol. The number of benzene rings is 1. The van der Waals surface area contributed by atoms with E-state index in [1.807, 2.05) is 4.57 Å². The minimum Gasteiger partial charge on any atom is -0.361 e. The molecular formula is C19H23N7. The van der Waals surface area contributed by atoms with Crippen LogP contribution in [-0.2, 0) is 6.42 Å². The first-order chi connectivity index (χ1) is 12.8. The van der Waals surface area contributed by atoms with Crippen molar-refractivity contribution in [3.63, 3.8) is 0 Å². The fraction of sp³-hybridized carbons (Fsp3) is 0.421. The largest absolute Gasteiger partial charge is 0.361 e. The van der Waals surface area contributed by atoms with Crippen LogP contribution in [-0.4, -0.2) is 68.8 Å². The molecule has 26 heavy (non-hydrogen) atoms. The first-order valence-electron chi connectivity index (χ1n) is 9.10. The van der Waals surface area contributed by atoms with Gasteiger partial charge in [0.1, 0.15) is 12.7 Å². The normalized spacial score (nSPS) is 16.1. The Morgan fingerprint density at radius 1 is 1.08 bits per heavy atom. The van der Waals surface area contributed by atoms with E-state index in [9.17, 15) is 0 Å². The SMILES string of the molecule is N#CCN1CCN(CCCc2c[nH]c3ccc(-n4cnnc4)cc23)CC1. The molecule has 0 aliphatic carbocycles. The van der Waals surface area contributed by atoms with Crippen molar-refractivity contribution in [3.05, 3.63) is 42.6 Å². The van der Waals surface area contributed by atoms with Crippen molar-refractivity contribution in [1.29, 1.82) is 5.26 Å². The molecule has 7 nitrogen and oxygen atoms in total. The number of hydrogen-bond acceptors (Lipinski definition) is 5. The van der Waals surface area contributed by atoms with Crippen LogP contribution in [0.3, 0.4) is 0 Å². The third-order valence-corrected chi connectivity index (χ3v) is 5.15. The zero-order chi connectivity index (χ0) is 17.8. The van der Waals surface area contributed by atoms with Gasteiger partial charge in [-0.2, -0.15) is 5.26 Å². The average molecular weight is 349 g/mol. The Bertz CT molecular complexity index is 882. The minimum absolute atomic E-state index is 0.554. The monoisotopic (exact) mass is 349 g/mol. The second-order valence-corrected chi connectivity index (χ2v) is 6.79. The third kappa shape index (κ3) is 3.62. The molecule has 1 aromatic carbocycles. The van der Waals surface area contributed by atoms with Crippen molar-refractivity contribution in [2.45, 2.75) is 12.8 Å². The standard InChI is InChI=1S/C19H23N7/c20-5-7-25-10-8-24(9-11-25)6-1-2-16-13-21-19-4-3-17(12-18(16)19)26-14-22-23-15-26/h3-4,12-15,21H,1-2,6-11H2. The molecule has 1 saturated heterocycles. The van der Waals surface area contributed by atoms with Crippen molar-refractivity contribution in [3.8, 4) is 11.8 Å². The average Bonchev–Trinajstić information content (AvgIpc) is 3.33. The predicted octanol–water partition coefficient (Wildman–Crippen LogP) is 1.82. The molecule has 1 aliphatic heterocycles. The van der Waals surface area contributed by atoms with E-state index in [-0.39, 0.29) is 0 Å². The van der Waals surface area contributed by atoms with Crippen LogP contribution in [0.25, 0.3) is 16.6 Å². The molecule has 4 rings (SSSR count). The van der Waals surface area contributed by atoms with Crippen LogP contribution in [0.2, 0.25) is 0 Å². The molecule has 1 fully saturated rings. The zero-order valence-corrected chi connectivity index (χ0v) is 14.8. The topological polar surface area (TPSA) is 76.8 Å². The highest BCUT2D eigenvalue weighted by Gasteiger charge is 2.16. The number of nitriles is 1. The van der Waals surface area contributed by atoms with Gasteiger partial charge in [-0.25, -0.2) is 0 Å². The predicted molar refractivity (Wildman–Crippen MR) is 100 cm³/mol. The highest BCUT2D eigenvalue weighted by Crippen LogP contribution is 2.23. The molecule has 2 aromatic heterocycles. The van der Waals surface area contributed by atoms with E-state index >= 15 is 0 Å².